The van der Waals surface area contributed by atoms with E-state index in [-0.39, 0.29) is 12.5 Å². The monoisotopic (exact) mass is 408 g/mol. The summed E-state index contributed by atoms with van der Waals surface area (Å²) in [6.07, 6.45) is 1.10. The van der Waals surface area contributed by atoms with Crippen LogP contribution in [-0.4, -0.2) is 42.1 Å². The average Bonchev–Trinajstić information content (AvgIpc) is 2.96. The highest BCUT2D eigenvalue weighted by Crippen LogP contribution is 2.44. The number of benzene rings is 2. The van der Waals surface area contributed by atoms with E-state index in [1.807, 2.05) is 48.5 Å². The number of nitrogens with one attached hydrogen (secondary N) is 1. The third-order valence-electron chi connectivity index (χ3n) is 6.01. The molecule has 30 heavy (non-hydrogen) atoms. The van der Waals surface area contributed by atoms with Gasteiger partial charge < -0.3 is 20.9 Å². The Hall–Kier alpha value is -3.19. The normalized spacial score (nSPS) is 21.7. The molecule has 4 N–H and O–H groups in total. The van der Waals surface area contributed by atoms with Crippen LogP contribution in [0.5, 0.6) is 0 Å². The molecule has 1 saturated heterocycles. The number of carbonyl (C=O) groups excluding carboxylic acids is 2. The first-order chi connectivity index (χ1) is 14.5. The Morgan fingerprint density at radius 1 is 1.10 bits per heavy atom. The van der Waals surface area contributed by atoms with Gasteiger partial charge >= 0.3 is 11.9 Å². The number of hydrogen-bond acceptors (Lipinski definition) is 5. The fourth-order valence-electron chi connectivity index (χ4n) is 4.54. The van der Waals surface area contributed by atoms with Gasteiger partial charge in [-0.25, -0.2) is 0 Å². The van der Waals surface area contributed by atoms with Crippen molar-refractivity contribution in [2.45, 2.75) is 24.8 Å². The summed E-state index contributed by atoms with van der Waals surface area (Å²) in [5.74, 6) is -5.81. The third-order valence-corrected chi connectivity index (χ3v) is 6.01. The number of amides is 1. The van der Waals surface area contributed by atoms with Gasteiger partial charge in [0.15, 0.2) is 5.92 Å². The number of hydrogen-bond donors (Lipinski definition) is 3. The van der Waals surface area contributed by atoms with Crippen LogP contribution < -0.4 is 11.1 Å². The highest BCUT2D eigenvalue weighted by Gasteiger charge is 2.45. The van der Waals surface area contributed by atoms with E-state index in [0.717, 1.165) is 22.3 Å². The number of carbonyl (C=O) groups is 3. The Labute approximate surface area is 174 Å². The average molecular weight is 408 g/mol. The van der Waals surface area contributed by atoms with E-state index in [0.29, 0.717) is 19.4 Å². The van der Waals surface area contributed by atoms with Crippen LogP contribution in [0.3, 0.4) is 0 Å². The van der Waals surface area contributed by atoms with Gasteiger partial charge in [0, 0.05) is 18.5 Å². The van der Waals surface area contributed by atoms with E-state index in [4.69, 9.17) is 10.5 Å². The van der Waals surface area contributed by atoms with E-state index in [2.05, 4.69) is 5.32 Å². The molecule has 1 amide bonds. The van der Waals surface area contributed by atoms with Crippen LogP contribution in [-0.2, 0) is 19.1 Å². The summed E-state index contributed by atoms with van der Waals surface area (Å²) < 4.78 is 5.50. The lowest BCUT2D eigenvalue weighted by Gasteiger charge is -2.25. The first-order valence-electron chi connectivity index (χ1n) is 10.1. The minimum Gasteiger partial charge on any atom is -0.481 e. The number of carboxylic acids is 1. The molecule has 1 aliphatic heterocycles. The van der Waals surface area contributed by atoms with Crippen molar-refractivity contribution in [3.63, 3.8) is 0 Å². The molecule has 0 spiro atoms. The molecule has 0 aromatic heterocycles. The van der Waals surface area contributed by atoms with Crippen molar-refractivity contribution in [3.05, 3.63) is 59.7 Å². The summed E-state index contributed by atoms with van der Waals surface area (Å²) in [5, 5.41) is 12.3. The van der Waals surface area contributed by atoms with Gasteiger partial charge in [0.1, 0.15) is 6.61 Å². The standard InChI is InChI=1S/C23H24N2O5/c24-18-10-5-11-25-21(26)19(18)20(22(27)28)23(29)30-12-17-15-8-3-1-6-13(15)14-7-2-4-9-16(14)17/h1-4,6-9,17-20H,5,10-12,24H2,(H,25,26)(H,27,28). The SMILES string of the molecule is NC1CCCNC(=O)C1C(C(=O)O)C(=O)OCC1c2ccccc2-c2ccccc21. The van der Waals surface area contributed by atoms with Crippen LogP contribution in [0.15, 0.2) is 48.5 Å². The molecule has 156 valence electrons. The Morgan fingerprint density at radius 2 is 1.70 bits per heavy atom. The predicted octanol–water partition coefficient (Wildman–Crippen LogP) is 1.90. The van der Waals surface area contributed by atoms with Crippen LogP contribution in [0.4, 0.5) is 0 Å². The molecule has 2 aromatic rings. The van der Waals surface area contributed by atoms with Gasteiger partial charge in [0.2, 0.25) is 5.91 Å². The number of rotatable bonds is 5. The fourth-order valence-corrected chi connectivity index (χ4v) is 4.54. The highest BCUT2D eigenvalue weighted by molar-refractivity contribution is 5.99. The fraction of sp³-hybridized carbons (Fsp3) is 0.348. The summed E-state index contributed by atoms with van der Waals surface area (Å²) in [4.78, 5) is 37.1. The maximum Gasteiger partial charge on any atom is 0.321 e. The quantitative estimate of drug-likeness (QED) is 0.514. The Morgan fingerprint density at radius 3 is 2.30 bits per heavy atom. The van der Waals surface area contributed by atoms with Crippen molar-refractivity contribution in [3.8, 4) is 11.1 Å². The van der Waals surface area contributed by atoms with Gasteiger partial charge in [-0.2, -0.15) is 0 Å². The maximum atomic E-state index is 12.8. The smallest absolute Gasteiger partial charge is 0.321 e. The summed E-state index contributed by atoms with van der Waals surface area (Å²) >= 11 is 0. The van der Waals surface area contributed by atoms with Crippen LogP contribution in [0.25, 0.3) is 11.1 Å². The highest BCUT2D eigenvalue weighted by atomic mass is 16.5. The lowest BCUT2D eigenvalue weighted by Crippen LogP contribution is -2.49. The van der Waals surface area contributed by atoms with E-state index in [1.54, 1.807) is 0 Å². The second kappa shape index (κ2) is 8.28. The molecule has 0 saturated carbocycles. The number of ether oxygens (including phenoxy) is 1. The largest absolute Gasteiger partial charge is 0.481 e. The van der Waals surface area contributed by atoms with Crippen molar-refractivity contribution in [2.24, 2.45) is 17.6 Å². The molecule has 7 heteroatoms. The van der Waals surface area contributed by atoms with Crippen molar-refractivity contribution in [1.82, 2.24) is 5.32 Å². The number of aliphatic carboxylic acids is 1. The molecule has 3 atom stereocenters. The molecule has 1 fully saturated rings. The molecule has 3 unspecified atom stereocenters. The second-order valence-corrected chi connectivity index (χ2v) is 7.80. The van der Waals surface area contributed by atoms with Gasteiger partial charge in [0.05, 0.1) is 5.92 Å². The number of fused-ring (bicyclic) bond motifs is 3. The van der Waals surface area contributed by atoms with Crippen molar-refractivity contribution in [1.29, 1.82) is 0 Å². The van der Waals surface area contributed by atoms with E-state index in [9.17, 15) is 19.5 Å². The van der Waals surface area contributed by atoms with Crippen LogP contribution >= 0.6 is 0 Å². The molecule has 4 rings (SSSR count). The lowest BCUT2D eigenvalue weighted by molar-refractivity contribution is -0.164. The van der Waals surface area contributed by atoms with Crippen LogP contribution in [0, 0.1) is 11.8 Å². The molecular formula is C23H24N2O5. The number of esters is 1. The zero-order valence-electron chi connectivity index (χ0n) is 16.4. The van der Waals surface area contributed by atoms with E-state index in [1.165, 1.54) is 0 Å². The van der Waals surface area contributed by atoms with Crippen LogP contribution in [0.1, 0.15) is 29.9 Å². The van der Waals surface area contributed by atoms with Gasteiger partial charge in [-0.15, -0.1) is 0 Å². The minimum atomic E-state index is -1.63. The summed E-state index contributed by atoms with van der Waals surface area (Å²) in [6.45, 7) is 0.417. The minimum absolute atomic E-state index is 0.000215. The second-order valence-electron chi connectivity index (χ2n) is 7.80. The van der Waals surface area contributed by atoms with Crippen molar-refractivity contribution >= 4 is 17.8 Å². The first kappa shape index (κ1) is 20.1. The third kappa shape index (κ3) is 3.57. The predicted molar refractivity (Wildman–Crippen MR) is 110 cm³/mol. The molecule has 0 bridgehead atoms. The Kier molecular flexibility index (Phi) is 5.55. The van der Waals surface area contributed by atoms with E-state index >= 15 is 0 Å². The topological polar surface area (TPSA) is 119 Å². The first-order valence-corrected chi connectivity index (χ1v) is 10.1. The lowest BCUT2D eigenvalue weighted by atomic mass is 9.84. The van der Waals surface area contributed by atoms with Gasteiger partial charge in [-0.05, 0) is 35.1 Å². The Balaban J connectivity index is 1.56. The molecular weight excluding hydrogens is 384 g/mol. The molecule has 2 aromatic carbocycles. The van der Waals surface area contributed by atoms with Crippen molar-refractivity contribution < 1.29 is 24.2 Å². The van der Waals surface area contributed by atoms with Gasteiger partial charge in [-0.1, -0.05) is 48.5 Å². The van der Waals surface area contributed by atoms with E-state index < -0.39 is 35.7 Å². The number of nitrogens with two attached hydrogens (primary N) is 1. The van der Waals surface area contributed by atoms with Crippen molar-refractivity contribution in [2.75, 3.05) is 13.2 Å². The summed E-state index contributed by atoms with van der Waals surface area (Å²) in [5.41, 5.74) is 10.3. The van der Waals surface area contributed by atoms with Gasteiger partial charge in [-0.3, -0.25) is 14.4 Å². The summed E-state index contributed by atoms with van der Waals surface area (Å²) in [7, 11) is 0. The molecule has 7 nitrogen and oxygen atoms in total. The zero-order chi connectivity index (χ0) is 21.3. The Bertz CT molecular complexity index is 944. The molecule has 1 heterocycles. The maximum absolute atomic E-state index is 12.8. The number of carboxylic acid groups (broad SMARTS) is 1. The molecule has 1 aliphatic carbocycles. The molecule has 2 aliphatic rings. The zero-order valence-corrected chi connectivity index (χ0v) is 16.4. The van der Waals surface area contributed by atoms with Crippen LogP contribution in [0.2, 0.25) is 0 Å². The van der Waals surface area contributed by atoms with Gasteiger partial charge in [0.25, 0.3) is 0 Å². The molecule has 0 radical (unpaired) electrons. The summed E-state index contributed by atoms with van der Waals surface area (Å²) in [6, 6.07) is 15.1.